The van der Waals surface area contributed by atoms with E-state index in [2.05, 4.69) is 20.1 Å². The smallest absolute Gasteiger partial charge is 0.139 e. The first-order chi connectivity index (χ1) is 12.2. The van der Waals surface area contributed by atoms with E-state index in [9.17, 15) is 4.39 Å². The minimum absolute atomic E-state index is 0.164. The summed E-state index contributed by atoms with van der Waals surface area (Å²) in [6, 6.07) is 5.12. The van der Waals surface area contributed by atoms with Crippen molar-refractivity contribution in [1.29, 1.82) is 0 Å². The highest BCUT2D eigenvalue weighted by Crippen LogP contribution is 2.32. The molecule has 2 heterocycles. The SMILES string of the molecule is COCCNc1cnc(N2CCN(CCO)CC2)c2c(F)cccc12. The maximum absolute atomic E-state index is 14.6. The van der Waals surface area contributed by atoms with Gasteiger partial charge in [0.15, 0.2) is 0 Å². The topological polar surface area (TPSA) is 60.9 Å². The fraction of sp³-hybridized carbons (Fsp3) is 0.500. The number of aliphatic hydroxyl groups is 1. The lowest BCUT2D eigenvalue weighted by atomic mass is 10.1. The number of rotatable bonds is 7. The number of hydrogen-bond acceptors (Lipinski definition) is 6. The van der Waals surface area contributed by atoms with Crippen LogP contribution in [0.25, 0.3) is 10.8 Å². The van der Waals surface area contributed by atoms with Gasteiger partial charge in [-0.25, -0.2) is 9.37 Å². The summed E-state index contributed by atoms with van der Waals surface area (Å²) in [5.74, 6) is 0.433. The quantitative estimate of drug-likeness (QED) is 0.741. The van der Waals surface area contributed by atoms with Gasteiger partial charge in [-0.05, 0) is 6.07 Å². The molecule has 0 spiro atoms. The van der Waals surface area contributed by atoms with Crippen LogP contribution >= 0.6 is 0 Å². The van der Waals surface area contributed by atoms with Gasteiger partial charge in [-0.3, -0.25) is 4.90 Å². The Balaban J connectivity index is 1.88. The number of fused-ring (bicyclic) bond motifs is 1. The molecule has 7 heteroatoms. The summed E-state index contributed by atoms with van der Waals surface area (Å²) in [5, 5.41) is 13.7. The predicted octanol–water partition coefficient (Wildman–Crippen LogP) is 1.55. The second kappa shape index (κ2) is 8.42. The highest BCUT2D eigenvalue weighted by atomic mass is 19.1. The monoisotopic (exact) mass is 348 g/mol. The number of nitrogens with one attached hydrogen (secondary N) is 1. The van der Waals surface area contributed by atoms with E-state index < -0.39 is 0 Å². The lowest BCUT2D eigenvalue weighted by Crippen LogP contribution is -2.47. The predicted molar refractivity (Wildman–Crippen MR) is 97.8 cm³/mol. The standard InChI is InChI=1S/C18H25FN4O2/c1-25-12-5-20-16-13-21-18(17-14(16)3-2-4-15(17)19)23-8-6-22(7-9-23)10-11-24/h2-4,13,20,24H,5-12H2,1H3. The minimum atomic E-state index is -0.256. The average molecular weight is 348 g/mol. The Kier molecular flexibility index (Phi) is 6.01. The van der Waals surface area contributed by atoms with Crippen molar-refractivity contribution in [3.05, 3.63) is 30.2 Å². The van der Waals surface area contributed by atoms with Crippen molar-refractivity contribution in [2.75, 3.05) is 69.8 Å². The molecular formula is C18H25FN4O2. The lowest BCUT2D eigenvalue weighted by Gasteiger charge is -2.35. The van der Waals surface area contributed by atoms with Crippen molar-refractivity contribution in [3.63, 3.8) is 0 Å². The van der Waals surface area contributed by atoms with E-state index in [-0.39, 0.29) is 12.4 Å². The molecule has 1 aromatic heterocycles. The molecule has 0 radical (unpaired) electrons. The summed E-state index contributed by atoms with van der Waals surface area (Å²) >= 11 is 0. The summed E-state index contributed by atoms with van der Waals surface area (Å²) in [6.07, 6.45) is 1.77. The van der Waals surface area contributed by atoms with Crippen molar-refractivity contribution in [3.8, 4) is 0 Å². The van der Waals surface area contributed by atoms with Crippen LogP contribution in [0.15, 0.2) is 24.4 Å². The highest BCUT2D eigenvalue weighted by molar-refractivity contribution is 6.00. The van der Waals surface area contributed by atoms with Gasteiger partial charge in [0, 0.05) is 51.8 Å². The Morgan fingerprint density at radius 3 is 2.80 bits per heavy atom. The first-order valence-corrected chi connectivity index (χ1v) is 8.62. The molecule has 1 aliphatic heterocycles. The van der Waals surface area contributed by atoms with Crippen LogP contribution in [0.4, 0.5) is 15.9 Å². The molecule has 25 heavy (non-hydrogen) atoms. The van der Waals surface area contributed by atoms with Gasteiger partial charge < -0.3 is 20.1 Å². The minimum Gasteiger partial charge on any atom is -0.395 e. The molecule has 2 aromatic rings. The molecular weight excluding hydrogens is 323 g/mol. The maximum Gasteiger partial charge on any atom is 0.139 e. The van der Waals surface area contributed by atoms with Crippen LogP contribution in [-0.2, 0) is 4.74 Å². The van der Waals surface area contributed by atoms with Gasteiger partial charge in [0.25, 0.3) is 0 Å². The number of anilines is 2. The zero-order chi connectivity index (χ0) is 17.6. The molecule has 1 saturated heterocycles. The number of halogens is 1. The largest absolute Gasteiger partial charge is 0.395 e. The number of hydrogen-bond donors (Lipinski definition) is 2. The van der Waals surface area contributed by atoms with Crippen molar-refractivity contribution in [2.45, 2.75) is 0 Å². The summed E-state index contributed by atoms with van der Waals surface area (Å²) in [4.78, 5) is 8.88. The van der Waals surface area contributed by atoms with Gasteiger partial charge in [-0.2, -0.15) is 0 Å². The molecule has 0 amide bonds. The van der Waals surface area contributed by atoms with E-state index >= 15 is 0 Å². The van der Waals surface area contributed by atoms with E-state index in [1.54, 1.807) is 19.4 Å². The molecule has 0 atom stereocenters. The Morgan fingerprint density at radius 2 is 2.08 bits per heavy atom. The zero-order valence-corrected chi connectivity index (χ0v) is 14.5. The molecule has 0 aliphatic carbocycles. The van der Waals surface area contributed by atoms with Gasteiger partial charge in [0.2, 0.25) is 0 Å². The zero-order valence-electron chi connectivity index (χ0n) is 14.5. The van der Waals surface area contributed by atoms with E-state index in [1.807, 2.05) is 6.07 Å². The van der Waals surface area contributed by atoms with Crippen molar-refractivity contribution in [1.82, 2.24) is 9.88 Å². The highest BCUT2D eigenvalue weighted by Gasteiger charge is 2.21. The van der Waals surface area contributed by atoms with Gasteiger partial charge in [-0.1, -0.05) is 12.1 Å². The van der Waals surface area contributed by atoms with Gasteiger partial charge >= 0.3 is 0 Å². The van der Waals surface area contributed by atoms with Crippen LogP contribution in [-0.4, -0.2) is 74.6 Å². The Labute approximate surface area is 147 Å². The summed E-state index contributed by atoms with van der Waals surface area (Å²) in [6.45, 7) is 5.28. The van der Waals surface area contributed by atoms with Crippen LogP contribution in [0.5, 0.6) is 0 Å². The molecule has 0 saturated carbocycles. The van der Waals surface area contributed by atoms with E-state index in [0.717, 1.165) is 37.3 Å². The van der Waals surface area contributed by atoms with Crippen molar-refractivity contribution < 1.29 is 14.2 Å². The Morgan fingerprint density at radius 1 is 1.28 bits per heavy atom. The molecule has 6 nitrogen and oxygen atoms in total. The van der Waals surface area contributed by atoms with Crippen LogP contribution in [0, 0.1) is 5.82 Å². The first kappa shape index (κ1) is 17.8. The van der Waals surface area contributed by atoms with E-state index in [1.165, 1.54) is 6.07 Å². The fourth-order valence-corrected chi connectivity index (χ4v) is 3.23. The number of ether oxygens (including phenoxy) is 1. The first-order valence-electron chi connectivity index (χ1n) is 8.62. The van der Waals surface area contributed by atoms with Crippen LogP contribution in [0.1, 0.15) is 0 Å². The summed E-state index contributed by atoms with van der Waals surface area (Å²) < 4.78 is 19.7. The van der Waals surface area contributed by atoms with E-state index in [4.69, 9.17) is 9.84 Å². The lowest BCUT2D eigenvalue weighted by molar-refractivity contribution is 0.188. The number of aromatic nitrogens is 1. The number of aliphatic hydroxyl groups excluding tert-OH is 1. The normalized spacial score (nSPS) is 15.7. The fourth-order valence-electron chi connectivity index (χ4n) is 3.23. The van der Waals surface area contributed by atoms with Crippen molar-refractivity contribution >= 4 is 22.3 Å². The molecule has 3 rings (SSSR count). The van der Waals surface area contributed by atoms with Gasteiger partial charge in [-0.15, -0.1) is 0 Å². The van der Waals surface area contributed by atoms with Gasteiger partial charge in [0.05, 0.1) is 30.5 Å². The number of pyridine rings is 1. The molecule has 2 N–H and O–H groups in total. The Hall–Kier alpha value is -1.96. The van der Waals surface area contributed by atoms with Crippen LogP contribution < -0.4 is 10.2 Å². The maximum atomic E-state index is 14.6. The second-order valence-corrected chi connectivity index (χ2v) is 6.13. The summed E-state index contributed by atoms with van der Waals surface area (Å²) in [5.41, 5.74) is 0.814. The number of nitrogens with zero attached hydrogens (tertiary/aromatic N) is 3. The second-order valence-electron chi connectivity index (χ2n) is 6.13. The third kappa shape index (κ3) is 4.00. The number of benzene rings is 1. The van der Waals surface area contributed by atoms with Crippen LogP contribution in [0.2, 0.25) is 0 Å². The third-order valence-electron chi connectivity index (χ3n) is 4.55. The van der Waals surface area contributed by atoms with Gasteiger partial charge in [0.1, 0.15) is 11.6 Å². The molecule has 1 aliphatic rings. The van der Waals surface area contributed by atoms with E-state index in [0.29, 0.717) is 30.9 Å². The van der Waals surface area contributed by atoms with Crippen molar-refractivity contribution in [2.24, 2.45) is 0 Å². The number of β-amino-alcohol motifs (C(OH)–C–C–N with tert-alkyl or cyclic N) is 1. The third-order valence-corrected chi connectivity index (χ3v) is 4.55. The molecule has 1 aromatic carbocycles. The number of piperazine rings is 1. The molecule has 1 fully saturated rings. The molecule has 0 bridgehead atoms. The average Bonchev–Trinajstić information content (AvgIpc) is 2.63. The Bertz CT molecular complexity index is 705. The number of methoxy groups -OCH3 is 1. The molecule has 0 unspecified atom stereocenters. The van der Waals surface area contributed by atoms with Crippen LogP contribution in [0.3, 0.4) is 0 Å². The summed E-state index contributed by atoms with van der Waals surface area (Å²) in [7, 11) is 1.65. The molecule has 136 valence electrons.